The fourth-order valence-corrected chi connectivity index (χ4v) is 15.8. The first-order valence-electron chi connectivity index (χ1n) is 40.4. The van der Waals surface area contributed by atoms with E-state index in [1.54, 1.807) is 81.8 Å². The molecule has 0 unspecified atom stereocenters. The van der Waals surface area contributed by atoms with E-state index in [0.717, 1.165) is 29.7 Å². The Labute approximate surface area is 763 Å². The van der Waals surface area contributed by atoms with Crippen LogP contribution in [-0.2, 0) is 59.6 Å². The SMILES string of the molecule is C.C.CC(C)(C)C1=NCC=C1.CC(C)(C)C1=NCC=N1.CC(C)(C)c1ccco1.CC(C)(C)c1cccs1.CC(C)(C)c1cccs1.CC(C)(C)c1cccs1.CC(C)(C)c1ccoc1.CC(C)(C)c1ccsc1.CC(C)(C)c1ccsc1.CC(C)(C)c1cscn1.CC(C)(C)c1nccs1.CC(C)(C)c1nccs1.CC(C)(C)c1ncns1. The molecule has 0 fully saturated rings. The van der Waals surface area contributed by atoms with E-state index in [1.807, 2.05) is 87.1 Å². The minimum atomic E-state index is 0. The van der Waals surface area contributed by atoms with Crippen LogP contribution in [-0.4, -0.2) is 55.2 Å². The van der Waals surface area contributed by atoms with Crippen molar-refractivity contribution in [3.63, 3.8) is 0 Å². The molecule has 19 heteroatoms. The topological polar surface area (TPSA) is 128 Å². The van der Waals surface area contributed by atoms with Gasteiger partial charge < -0.3 is 8.83 Å². The molecule has 0 spiro atoms. The first-order chi connectivity index (χ1) is 53.4. The zero-order valence-corrected chi connectivity index (χ0v) is 86.7. The van der Waals surface area contributed by atoms with Crippen LogP contribution < -0.4 is 0 Å². The number of amidine groups is 1. The van der Waals surface area contributed by atoms with E-state index in [0.29, 0.717) is 27.1 Å². The molecule has 0 atom stereocenters. The van der Waals surface area contributed by atoms with Crippen LogP contribution in [0.5, 0.6) is 0 Å². The molecule has 0 aliphatic carbocycles. The Morgan fingerprint density at radius 2 is 0.773 bits per heavy atom. The fraction of sp³-hybridized carbons (Fsp3) is 0.560. The standard InChI is InChI=1S/C8H13N.2C8H12O.5C8H12S.C7H12N2.3C7H11NS.C6H10N2S.2CH4/c1-8(2,3)7-5-4-6-9-7;1-8(2,3)7-4-5-9-6-7;1-8(2,3)7-5-4-6-9-7;2*1-8(2,3)7-4-5-9-6-7;3*1-8(2,3)7-5-4-6-9-7;1-7(2,3)6-8-4-5-9-6;1-7(2,3)6-4-9-5-8-6;2*1-7(2,3)6-8-4-5-9-6;1-6(2,3)5-7-4-8-9-5;;/h4-5H,6H2,1-3H3;7*4-6H,1-3H3;4H,5H2,1-3H3;3*4-5H,1-3H3;4H,1-3H3;2*1H4. The molecule has 0 saturated heterocycles. The van der Waals surface area contributed by atoms with Crippen LogP contribution in [0.15, 0.2) is 200 Å². The Morgan fingerprint density at radius 1 is 0.336 bits per heavy atom. The van der Waals surface area contributed by atoms with Gasteiger partial charge in [0.2, 0.25) is 0 Å². The predicted molar refractivity (Wildman–Crippen MR) is 546 cm³/mol. The molecular weight excluding hydrogens is 1630 g/mol. The molecule has 2 aliphatic rings. The maximum Gasteiger partial charge on any atom is 0.129 e. The number of aromatic nitrogens is 5. The zero-order chi connectivity index (χ0) is 89.8. The van der Waals surface area contributed by atoms with Gasteiger partial charge in [-0.25, -0.2) is 24.9 Å². The summed E-state index contributed by atoms with van der Waals surface area (Å²) in [6.07, 6.45) is 16.6. The maximum atomic E-state index is 5.20. The molecule has 0 bridgehead atoms. The van der Waals surface area contributed by atoms with Crippen molar-refractivity contribution in [3.05, 3.63) is 234 Å². The van der Waals surface area contributed by atoms with E-state index in [4.69, 9.17) is 8.83 Å². The summed E-state index contributed by atoms with van der Waals surface area (Å²) in [7, 11) is 0. The molecular formula is C100H160N8O2S9. The second kappa shape index (κ2) is 52.1. The number of aliphatic imine (C=N–C) groups is 3. The van der Waals surface area contributed by atoms with E-state index in [2.05, 4.69) is 413 Å². The lowest BCUT2D eigenvalue weighted by molar-refractivity contribution is 0.409. The minimum absolute atomic E-state index is 0. The minimum Gasteiger partial charge on any atom is -0.472 e. The molecule has 0 amide bonds. The smallest absolute Gasteiger partial charge is 0.129 e. The van der Waals surface area contributed by atoms with Gasteiger partial charge >= 0.3 is 0 Å². The highest BCUT2D eigenvalue weighted by Gasteiger charge is 2.23. The van der Waals surface area contributed by atoms with Crippen LogP contribution in [0.2, 0.25) is 0 Å². The van der Waals surface area contributed by atoms with Crippen LogP contribution in [0, 0.1) is 10.8 Å². The van der Waals surface area contributed by atoms with Crippen molar-refractivity contribution >= 4 is 120 Å². The summed E-state index contributed by atoms with van der Waals surface area (Å²) in [6, 6.07) is 23.2. The van der Waals surface area contributed by atoms with Crippen molar-refractivity contribution in [1.82, 2.24) is 24.3 Å². The second-order valence-corrected chi connectivity index (χ2v) is 49.3. The van der Waals surface area contributed by atoms with Crippen LogP contribution in [0.3, 0.4) is 0 Å². The van der Waals surface area contributed by atoms with Gasteiger partial charge in [0.1, 0.15) is 22.9 Å². The molecule has 11 aromatic heterocycles. The summed E-state index contributed by atoms with van der Waals surface area (Å²) >= 11 is 15.6. The molecule has 2 aliphatic heterocycles. The molecule has 119 heavy (non-hydrogen) atoms. The monoisotopic (exact) mass is 1790 g/mol. The molecule has 0 N–H and O–H groups in total. The van der Waals surface area contributed by atoms with Gasteiger partial charge in [0.15, 0.2) is 0 Å². The molecule has 0 saturated carbocycles. The van der Waals surface area contributed by atoms with Crippen molar-refractivity contribution in [2.75, 3.05) is 13.1 Å². The van der Waals surface area contributed by atoms with E-state index < -0.39 is 0 Å². The second-order valence-electron chi connectivity index (χ2n) is 41.6. The fourth-order valence-electron chi connectivity index (χ4n) is 8.75. The molecule has 11 aromatic rings. The summed E-state index contributed by atoms with van der Waals surface area (Å²) < 4.78 is 14.1. The van der Waals surface area contributed by atoms with Crippen molar-refractivity contribution in [2.24, 2.45) is 25.8 Å². The summed E-state index contributed by atoms with van der Waals surface area (Å²) in [4.78, 5) is 33.7. The normalized spacial score (nSPS) is 12.7. The number of thiazole rings is 3. The zero-order valence-electron chi connectivity index (χ0n) is 79.4. The van der Waals surface area contributed by atoms with Crippen molar-refractivity contribution in [3.8, 4) is 0 Å². The molecule has 13 rings (SSSR count). The number of rotatable bonds is 0. The Balaban J connectivity index is 0. The van der Waals surface area contributed by atoms with Crippen molar-refractivity contribution in [1.29, 1.82) is 0 Å². The average molecular weight is 1800 g/mol. The largest absolute Gasteiger partial charge is 0.472 e. The Kier molecular flexibility index (Phi) is 50.5. The molecule has 666 valence electrons. The molecule has 0 aromatic carbocycles. The van der Waals surface area contributed by atoms with Crippen LogP contribution in [0.4, 0.5) is 0 Å². The average Bonchev–Trinajstić information content (AvgIpc) is 1.88. The predicted octanol–water partition coefficient (Wildman–Crippen LogP) is 34.4. The van der Waals surface area contributed by atoms with Crippen LogP contribution >= 0.6 is 102 Å². The van der Waals surface area contributed by atoms with Gasteiger partial charge in [-0.15, -0.1) is 68.0 Å². The third kappa shape index (κ3) is 51.2. The Morgan fingerprint density at radius 3 is 0.924 bits per heavy atom. The van der Waals surface area contributed by atoms with E-state index in [-0.39, 0.29) is 58.2 Å². The number of hydrogen-bond donors (Lipinski definition) is 0. The summed E-state index contributed by atoms with van der Waals surface area (Å²) in [6.45, 7) is 86.9. The lowest BCUT2D eigenvalue weighted by Crippen LogP contribution is -2.16. The first-order valence-corrected chi connectivity index (χ1v) is 48.4. The highest BCUT2D eigenvalue weighted by Crippen LogP contribution is 2.32. The van der Waals surface area contributed by atoms with Gasteiger partial charge in [0.05, 0.1) is 53.1 Å². The number of furan rings is 2. The third-order valence-corrected chi connectivity index (χ3v) is 25.5. The lowest BCUT2D eigenvalue weighted by Gasteiger charge is -2.16. The van der Waals surface area contributed by atoms with E-state index in [9.17, 15) is 0 Å². The summed E-state index contributed by atoms with van der Waals surface area (Å²) in [5, 5.41) is 24.7. The lowest BCUT2D eigenvalue weighted by atomic mass is 9.89. The first kappa shape index (κ1) is 115. The van der Waals surface area contributed by atoms with E-state index in [1.165, 1.54) is 64.3 Å². The highest BCUT2D eigenvalue weighted by atomic mass is 32.1. The van der Waals surface area contributed by atoms with Gasteiger partial charge in [0, 0.05) is 93.0 Å². The van der Waals surface area contributed by atoms with Gasteiger partial charge in [-0.3, -0.25) is 9.98 Å². The third-order valence-electron chi connectivity index (χ3n) is 16.2. The molecule has 13 heterocycles. The van der Waals surface area contributed by atoms with Gasteiger partial charge in [-0.1, -0.05) is 309 Å². The quantitative estimate of drug-likeness (QED) is 0.148. The van der Waals surface area contributed by atoms with Gasteiger partial charge in [0.25, 0.3) is 0 Å². The number of allylic oxidation sites excluding steroid dienone is 1. The Bertz CT molecular complexity index is 3410. The number of nitrogens with zero attached hydrogens (tertiary/aromatic N) is 8. The molecule has 0 radical (unpaired) electrons. The van der Waals surface area contributed by atoms with E-state index >= 15 is 0 Å². The Hall–Kier alpha value is -5.74. The van der Waals surface area contributed by atoms with Crippen molar-refractivity contribution in [2.45, 2.75) is 344 Å². The number of hydrogen-bond acceptors (Lipinski definition) is 19. The maximum absolute atomic E-state index is 5.20. The van der Waals surface area contributed by atoms with Crippen LogP contribution in [0.25, 0.3) is 0 Å². The van der Waals surface area contributed by atoms with Gasteiger partial charge in [-0.2, -0.15) is 27.0 Å². The molecule has 10 nitrogen and oxygen atoms in total. The summed E-state index contributed by atoms with van der Waals surface area (Å²) in [5.74, 6) is 2.02. The number of thiophene rings is 5. The van der Waals surface area contributed by atoms with Crippen molar-refractivity contribution < 1.29 is 8.83 Å². The van der Waals surface area contributed by atoms with Crippen LogP contribution in [0.1, 0.15) is 343 Å². The summed E-state index contributed by atoms with van der Waals surface area (Å²) in [5.41, 5.74) is 11.7. The highest BCUT2D eigenvalue weighted by molar-refractivity contribution is 7.11. The van der Waals surface area contributed by atoms with Gasteiger partial charge in [-0.05, 0) is 153 Å².